The first-order chi connectivity index (χ1) is 8.37. The van der Waals surface area contributed by atoms with Crippen molar-refractivity contribution in [2.24, 2.45) is 0 Å². The molecule has 2 N–H and O–H groups in total. The van der Waals surface area contributed by atoms with Crippen molar-refractivity contribution < 1.29 is 9.90 Å². The van der Waals surface area contributed by atoms with Crippen LogP contribution >= 0.6 is 11.8 Å². The monoisotopic (exact) mass is 267 g/mol. The smallest absolute Gasteiger partial charge is 0.251 e. The Morgan fingerprint density at radius 1 is 1.39 bits per heavy atom. The minimum absolute atomic E-state index is 0.119. The highest BCUT2D eigenvalue weighted by Crippen LogP contribution is 2.14. The summed E-state index contributed by atoms with van der Waals surface area (Å²) in [6.45, 7) is 5.83. The summed E-state index contributed by atoms with van der Waals surface area (Å²) in [4.78, 5) is 12.1. The van der Waals surface area contributed by atoms with E-state index in [4.69, 9.17) is 0 Å². The number of benzene rings is 1. The summed E-state index contributed by atoms with van der Waals surface area (Å²) >= 11 is 1.56. The second kappa shape index (κ2) is 6.25. The van der Waals surface area contributed by atoms with Crippen LogP contribution in [0.2, 0.25) is 0 Å². The molecule has 0 fully saturated rings. The Balaban J connectivity index is 2.72. The van der Waals surface area contributed by atoms with Gasteiger partial charge in [0, 0.05) is 17.9 Å². The number of nitrogens with one attached hydrogen (secondary N) is 1. The van der Waals surface area contributed by atoms with Gasteiger partial charge in [-0.05, 0) is 38.2 Å². The van der Waals surface area contributed by atoms with Crippen LogP contribution in [0.5, 0.6) is 0 Å². The number of rotatable bonds is 5. The van der Waals surface area contributed by atoms with Crippen LogP contribution in [0.1, 0.15) is 28.4 Å². The molecule has 1 aromatic rings. The molecule has 1 amide bonds. The van der Waals surface area contributed by atoms with E-state index < -0.39 is 5.60 Å². The average molecular weight is 267 g/mol. The fourth-order valence-electron chi connectivity index (χ4n) is 1.89. The van der Waals surface area contributed by atoms with E-state index in [0.717, 1.165) is 11.1 Å². The van der Waals surface area contributed by atoms with E-state index in [9.17, 15) is 9.90 Å². The van der Waals surface area contributed by atoms with Crippen LogP contribution in [0.4, 0.5) is 0 Å². The fraction of sp³-hybridized carbons (Fsp3) is 0.500. The summed E-state index contributed by atoms with van der Waals surface area (Å²) in [5, 5.41) is 12.8. The number of hydrogen-bond acceptors (Lipinski definition) is 3. The molecule has 0 heterocycles. The second-order valence-corrected chi connectivity index (χ2v) is 5.75. The zero-order chi connectivity index (χ0) is 13.8. The first-order valence-electron chi connectivity index (χ1n) is 5.93. The van der Waals surface area contributed by atoms with E-state index in [1.54, 1.807) is 18.7 Å². The Labute approximate surface area is 113 Å². The lowest BCUT2D eigenvalue weighted by atomic mass is 10.0. The highest BCUT2D eigenvalue weighted by Gasteiger charge is 2.21. The third-order valence-electron chi connectivity index (χ3n) is 2.79. The van der Waals surface area contributed by atoms with Gasteiger partial charge in [-0.15, -0.1) is 0 Å². The molecule has 1 atom stereocenters. The van der Waals surface area contributed by atoms with Gasteiger partial charge in [0.15, 0.2) is 0 Å². The molecule has 0 spiro atoms. The molecule has 0 radical (unpaired) electrons. The molecule has 0 aromatic heterocycles. The van der Waals surface area contributed by atoms with Gasteiger partial charge in [0.2, 0.25) is 0 Å². The van der Waals surface area contributed by atoms with Gasteiger partial charge < -0.3 is 10.4 Å². The summed E-state index contributed by atoms with van der Waals surface area (Å²) in [6.07, 6.45) is 1.93. The van der Waals surface area contributed by atoms with Gasteiger partial charge >= 0.3 is 0 Å². The summed E-state index contributed by atoms with van der Waals surface area (Å²) in [6, 6.07) is 5.77. The van der Waals surface area contributed by atoms with Crippen molar-refractivity contribution >= 4 is 17.7 Å². The van der Waals surface area contributed by atoms with Crippen molar-refractivity contribution in [3.8, 4) is 0 Å². The quantitative estimate of drug-likeness (QED) is 0.859. The van der Waals surface area contributed by atoms with Crippen LogP contribution in [-0.4, -0.2) is 35.2 Å². The van der Waals surface area contributed by atoms with Crippen LogP contribution in [0.3, 0.4) is 0 Å². The number of carbonyl (C=O) groups is 1. The molecule has 3 nitrogen and oxygen atoms in total. The molecule has 4 heteroatoms. The predicted octanol–water partition coefficient (Wildman–Crippen LogP) is 2.15. The van der Waals surface area contributed by atoms with E-state index in [-0.39, 0.29) is 12.5 Å². The lowest BCUT2D eigenvalue weighted by Gasteiger charge is -2.23. The van der Waals surface area contributed by atoms with Crippen LogP contribution in [0.25, 0.3) is 0 Å². The maximum Gasteiger partial charge on any atom is 0.251 e. The van der Waals surface area contributed by atoms with E-state index in [0.29, 0.717) is 11.3 Å². The van der Waals surface area contributed by atoms with Crippen LogP contribution in [-0.2, 0) is 0 Å². The van der Waals surface area contributed by atoms with E-state index in [2.05, 4.69) is 5.32 Å². The molecule has 0 aliphatic heterocycles. The molecular weight excluding hydrogens is 246 g/mol. The van der Waals surface area contributed by atoms with Gasteiger partial charge in [0.05, 0.1) is 5.60 Å². The maximum atomic E-state index is 12.1. The molecule has 0 aliphatic rings. The SMILES string of the molecule is CSCC(C)(O)CNC(=O)c1c(C)cccc1C. The lowest BCUT2D eigenvalue weighted by Crippen LogP contribution is -2.42. The van der Waals surface area contributed by atoms with E-state index in [1.165, 1.54) is 0 Å². The molecule has 0 saturated carbocycles. The summed E-state index contributed by atoms with van der Waals surface area (Å²) in [5.41, 5.74) is 1.75. The van der Waals surface area contributed by atoms with Gasteiger partial charge in [0.25, 0.3) is 5.91 Å². The fourth-order valence-corrected chi connectivity index (χ4v) is 2.62. The number of amides is 1. The van der Waals surface area contributed by atoms with Crippen LogP contribution in [0, 0.1) is 13.8 Å². The Kier molecular flexibility index (Phi) is 5.23. The maximum absolute atomic E-state index is 12.1. The van der Waals surface area contributed by atoms with E-state index in [1.807, 2.05) is 38.3 Å². The molecule has 0 saturated heterocycles. The number of thioether (sulfide) groups is 1. The molecular formula is C14H21NO2S. The highest BCUT2D eigenvalue weighted by molar-refractivity contribution is 7.98. The van der Waals surface area contributed by atoms with Gasteiger partial charge in [-0.1, -0.05) is 18.2 Å². The highest BCUT2D eigenvalue weighted by atomic mass is 32.2. The Hall–Kier alpha value is -1.00. The van der Waals surface area contributed by atoms with Crippen molar-refractivity contribution in [3.63, 3.8) is 0 Å². The summed E-state index contributed by atoms with van der Waals surface area (Å²) in [5.74, 6) is 0.479. The molecule has 1 rings (SSSR count). The van der Waals surface area contributed by atoms with Gasteiger partial charge in [-0.2, -0.15) is 11.8 Å². The Morgan fingerprint density at radius 2 is 1.94 bits per heavy atom. The van der Waals surface area contributed by atoms with Crippen molar-refractivity contribution in [1.29, 1.82) is 0 Å². The predicted molar refractivity (Wildman–Crippen MR) is 77.3 cm³/mol. The summed E-state index contributed by atoms with van der Waals surface area (Å²) in [7, 11) is 0. The number of aryl methyl sites for hydroxylation is 2. The number of hydrogen-bond donors (Lipinski definition) is 2. The standard InChI is InChI=1S/C14H21NO2S/c1-10-6-5-7-11(2)12(10)13(16)15-8-14(3,17)9-18-4/h5-7,17H,8-9H2,1-4H3,(H,15,16). The molecule has 1 unspecified atom stereocenters. The van der Waals surface area contributed by atoms with Crippen molar-refractivity contribution in [2.75, 3.05) is 18.6 Å². The van der Waals surface area contributed by atoms with Crippen LogP contribution < -0.4 is 5.32 Å². The third kappa shape index (κ3) is 4.03. The number of carbonyl (C=O) groups excluding carboxylic acids is 1. The molecule has 1 aromatic carbocycles. The normalized spacial score (nSPS) is 14.1. The molecule has 0 bridgehead atoms. The molecule has 100 valence electrons. The zero-order valence-electron chi connectivity index (χ0n) is 11.4. The molecule has 18 heavy (non-hydrogen) atoms. The topological polar surface area (TPSA) is 49.3 Å². The largest absolute Gasteiger partial charge is 0.387 e. The second-order valence-electron chi connectivity index (χ2n) is 4.88. The van der Waals surface area contributed by atoms with Crippen molar-refractivity contribution in [1.82, 2.24) is 5.32 Å². The summed E-state index contributed by atoms with van der Waals surface area (Å²) < 4.78 is 0. The lowest BCUT2D eigenvalue weighted by molar-refractivity contribution is 0.0724. The minimum atomic E-state index is -0.869. The van der Waals surface area contributed by atoms with Crippen LogP contribution in [0.15, 0.2) is 18.2 Å². The Morgan fingerprint density at radius 3 is 2.44 bits per heavy atom. The van der Waals surface area contributed by atoms with Gasteiger partial charge in [0.1, 0.15) is 0 Å². The third-order valence-corrected chi connectivity index (χ3v) is 3.70. The van der Waals surface area contributed by atoms with E-state index >= 15 is 0 Å². The average Bonchev–Trinajstić information content (AvgIpc) is 2.26. The first kappa shape index (κ1) is 15.1. The van der Waals surface area contributed by atoms with Crippen molar-refractivity contribution in [3.05, 3.63) is 34.9 Å². The Bertz CT molecular complexity index is 410. The van der Waals surface area contributed by atoms with Gasteiger partial charge in [-0.25, -0.2) is 0 Å². The van der Waals surface area contributed by atoms with Gasteiger partial charge in [-0.3, -0.25) is 4.79 Å². The number of aliphatic hydroxyl groups is 1. The minimum Gasteiger partial charge on any atom is -0.387 e. The molecule has 0 aliphatic carbocycles. The zero-order valence-corrected chi connectivity index (χ0v) is 12.2. The van der Waals surface area contributed by atoms with Crippen molar-refractivity contribution in [2.45, 2.75) is 26.4 Å². The first-order valence-corrected chi connectivity index (χ1v) is 7.32.